The van der Waals surface area contributed by atoms with Crippen molar-refractivity contribution in [1.29, 1.82) is 0 Å². The number of nitrogens with zero attached hydrogens (tertiary/aromatic N) is 1. The number of ether oxygens (including phenoxy) is 1. The molecular weight excluding hydrogens is 292 g/mol. The second-order valence-electron chi connectivity index (χ2n) is 5.76. The average molecular weight is 312 g/mol. The molecule has 1 fully saturated rings. The summed E-state index contributed by atoms with van der Waals surface area (Å²) in [4.78, 5) is 13.7. The van der Waals surface area contributed by atoms with Gasteiger partial charge < -0.3 is 20.1 Å². The molecule has 2 aromatic carbocycles. The van der Waals surface area contributed by atoms with Gasteiger partial charge in [0.1, 0.15) is 11.5 Å². The van der Waals surface area contributed by atoms with Gasteiger partial charge in [-0.1, -0.05) is 17.7 Å². The molecule has 23 heavy (non-hydrogen) atoms. The molecule has 0 spiro atoms. The summed E-state index contributed by atoms with van der Waals surface area (Å²) in [5.74, 6) is 1.49. The first-order valence-electron chi connectivity index (χ1n) is 7.69. The van der Waals surface area contributed by atoms with Crippen molar-refractivity contribution >= 4 is 11.7 Å². The van der Waals surface area contributed by atoms with E-state index in [2.05, 4.69) is 5.32 Å². The molecule has 0 unspecified atom stereocenters. The highest BCUT2D eigenvalue weighted by Crippen LogP contribution is 2.23. The average Bonchev–Trinajstić information content (AvgIpc) is 2.98. The van der Waals surface area contributed by atoms with Gasteiger partial charge in [0.05, 0.1) is 6.10 Å². The highest BCUT2D eigenvalue weighted by atomic mass is 16.5. The van der Waals surface area contributed by atoms with Crippen molar-refractivity contribution in [1.82, 2.24) is 4.90 Å². The molecule has 2 amide bonds. The van der Waals surface area contributed by atoms with E-state index in [4.69, 9.17) is 4.74 Å². The van der Waals surface area contributed by atoms with Crippen LogP contribution in [0.25, 0.3) is 0 Å². The van der Waals surface area contributed by atoms with Gasteiger partial charge in [-0.3, -0.25) is 0 Å². The topological polar surface area (TPSA) is 61.8 Å². The number of amides is 2. The molecule has 0 aliphatic carbocycles. The lowest BCUT2D eigenvalue weighted by atomic mass is 10.2. The molecule has 1 aliphatic heterocycles. The summed E-state index contributed by atoms with van der Waals surface area (Å²) in [6, 6.07) is 14.9. The predicted molar refractivity (Wildman–Crippen MR) is 88.9 cm³/mol. The second kappa shape index (κ2) is 6.71. The molecule has 0 saturated carbocycles. The van der Waals surface area contributed by atoms with Gasteiger partial charge in [0, 0.05) is 18.8 Å². The van der Waals surface area contributed by atoms with E-state index in [0.717, 1.165) is 5.75 Å². The fourth-order valence-electron chi connectivity index (χ4n) is 2.48. The lowest BCUT2D eigenvalue weighted by molar-refractivity contribution is 0.176. The number of hydrogen-bond donors (Lipinski definition) is 2. The minimum absolute atomic E-state index is 0.186. The summed E-state index contributed by atoms with van der Waals surface area (Å²) in [6.45, 7) is 3.00. The third kappa shape index (κ3) is 4.02. The number of urea groups is 1. The molecule has 0 bridgehead atoms. The molecule has 120 valence electrons. The van der Waals surface area contributed by atoms with E-state index in [1.165, 1.54) is 5.56 Å². The Labute approximate surface area is 135 Å². The molecule has 0 radical (unpaired) electrons. The maximum atomic E-state index is 12.0. The molecule has 1 aliphatic rings. The zero-order chi connectivity index (χ0) is 16.2. The zero-order valence-corrected chi connectivity index (χ0v) is 13.0. The van der Waals surface area contributed by atoms with E-state index in [9.17, 15) is 9.90 Å². The van der Waals surface area contributed by atoms with Crippen molar-refractivity contribution in [2.75, 3.05) is 18.4 Å². The SMILES string of the molecule is Cc1ccc(Oc2ccc(NC(=O)N3CC[C@@H](O)C3)cc2)cc1. The van der Waals surface area contributed by atoms with Gasteiger partial charge in [-0.15, -0.1) is 0 Å². The number of β-amino-alcohol motifs (C(OH)–C–C–N with tert-alkyl or cyclic N) is 1. The Kier molecular flexibility index (Phi) is 4.48. The van der Waals surface area contributed by atoms with Gasteiger partial charge in [-0.25, -0.2) is 4.79 Å². The maximum Gasteiger partial charge on any atom is 0.321 e. The Bertz CT molecular complexity index is 668. The van der Waals surface area contributed by atoms with Crippen molar-refractivity contribution in [2.24, 2.45) is 0 Å². The molecule has 3 rings (SSSR count). The van der Waals surface area contributed by atoms with Crippen molar-refractivity contribution in [3.63, 3.8) is 0 Å². The molecule has 5 nitrogen and oxygen atoms in total. The molecule has 2 N–H and O–H groups in total. The van der Waals surface area contributed by atoms with Crippen LogP contribution in [0, 0.1) is 6.92 Å². The van der Waals surface area contributed by atoms with E-state index in [-0.39, 0.29) is 6.03 Å². The van der Waals surface area contributed by atoms with Crippen LogP contribution >= 0.6 is 0 Å². The van der Waals surface area contributed by atoms with Crippen LogP contribution in [0.2, 0.25) is 0 Å². The Morgan fingerprint density at radius 2 is 1.74 bits per heavy atom. The van der Waals surface area contributed by atoms with Crippen LogP contribution in [-0.2, 0) is 0 Å². The highest BCUT2D eigenvalue weighted by molar-refractivity contribution is 5.89. The van der Waals surface area contributed by atoms with E-state index >= 15 is 0 Å². The van der Waals surface area contributed by atoms with Crippen LogP contribution < -0.4 is 10.1 Å². The largest absolute Gasteiger partial charge is 0.457 e. The zero-order valence-electron chi connectivity index (χ0n) is 13.0. The summed E-state index contributed by atoms with van der Waals surface area (Å²) in [5.41, 5.74) is 1.88. The number of aliphatic hydroxyl groups is 1. The standard InChI is InChI=1S/C18H20N2O3/c1-13-2-6-16(7-3-13)23-17-8-4-14(5-9-17)19-18(22)20-11-10-15(21)12-20/h2-9,15,21H,10-12H2,1H3,(H,19,22)/t15-/m1/s1. The first-order valence-corrected chi connectivity index (χ1v) is 7.69. The van der Waals surface area contributed by atoms with Crippen LogP contribution in [0.15, 0.2) is 48.5 Å². The van der Waals surface area contributed by atoms with Crippen LogP contribution in [0.3, 0.4) is 0 Å². The highest BCUT2D eigenvalue weighted by Gasteiger charge is 2.24. The summed E-state index contributed by atoms with van der Waals surface area (Å²) in [5, 5.41) is 12.3. The number of hydrogen-bond acceptors (Lipinski definition) is 3. The van der Waals surface area contributed by atoms with Crippen molar-refractivity contribution in [3.8, 4) is 11.5 Å². The Morgan fingerprint density at radius 1 is 1.13 bits per heavy atom. The Balaban J connectivity index is 1.58. The maximum absolute atomic E-state index is 12.0. The van der Waals surface area contributed by atoms with Gasteiger partial charge in [-0.05, 0) is 49.7 Å². The minimum atomic E-state index is -0.411. The van der Waals surface area contributed by atoms with Crippen LogP contribution in [0.1, 0.15) is 12.0 Å². The summed E-state index contributed by atoms with van der Waals surface area (Å²) >= 11 is 0. The van der Waals surface area contributed by atoms with E-state index < -0.39 is 6.10 Å². The number of nitrogens with one attached hydrogen (secondary N) is 1. The Morgan fingerprint density at radius 3 is 2.30 bits per heavy atom. The third-order valence-electron chi connectivity index (χ3n) is 3.81. The fraction of sp³-hybridized carbons (Fsp3) is 0.278. The van der Waals surface area contributed by atoms with Crippen LogP contribution in [0.5, 0.6) is 11.5 Å². The Hall–Kier alpha value is -2.53. The lowest BCUT2D eigenvalue weighted by Gasteiger charge is -2.16. The van der Waals surface area contributed by atoms with Gasteiger partial charge in [0.15, 0.2) is 0 Å². The normalized spacial score (nSPS) is 17.1. The number of aryl methyl sites for hydroxylation is 1. The number of likely N-dealkylation sites (tertiary alicyclic amines) is 1. The molecule has 1 heterocycles. The molecule has 5 heteroatoms. The number of anilines is 1. The third-order valence-corrected chi connectivity index (χ3v) is 3.81. The van der Waals surface area contributed by atoms with E-state index in [0.29, 0.717) is 30.9 Å². The quantitative estimate of drug-likeness (QED) is 0.913. The number of aliphatic hydroxyl groups excluding tert-OH is 1. The molecule has 0 aromatic heterocycles. The number of benzene rings is 2. The van der Waals surface area contributed by atoms with Crippen LogP contribution in [-0.4, -0.2) is 35.2 Å². The number of rotatable bonds is 3. The van der Waals surface area contributed by atoms with Gasteiger partial charge in [0.2, 0.25) is 0 Å². The van der Waals surface area contributed by atoms with Gasteiger partial charge in [0.25, 0.3) is 0 Å². The number of carbonyl (C=O) groups excluding carboxylic acids is 1. The summed E-state index contributed by atoms with van der Waals surface area (Å²) in [7, 11) is 0. The van der Waals surface area contributed by atoms with Gasteiger partial charge in [-0.2, -0.15) is 0 Å². The van der Waals surface area contributed by atoms with Crippen molar-refractivity contribution in [3.05, 3.63) is 54.1 Å². The van der Waals surface area contributed by atoms with Gasteiger partial charge >= 0.3 is 6.03 Å². The molecule has 1 saturated heterocycles. The predicted octanol–water partition coefficient (Wildman–Crippen LogP) is 3.39. The first-order chi connectivity index (χ1) is 11.1. The van der Waals surface area contributed by atoms with Crippen molar-refractivity contribution in [2.45, 2.75) is 19.4 Å². The van der Waals surface area contributed by atoms with Crippen molar-refractivity contribution < 1.29 is 14.6 Å². The lowest BCUT2D eigenvalue weighted by Crippen LogP contribution is -2.33. The minimum Gasteiger partial charge on any atom is -0.457 e. The molecule has 1 atom stereocenters. The van der Waals surface area contributed by atoms with E-state index in [1.54, 1.807) is 17.0 Å². The monoisotopic (exact) mass is 312 g/mol. The fourth-order valence-corrected chi connectivity index (χ4v) is 2.48. The smallest absolute Gasteiger partial charge is 0.321 e. The molecular formula is C18H20N2O3. The summed E-state index contributed by atoms with van der Waals surface area (Å²) in [6.07, 6.45) is 0.225. The summed E-state index contributed by atoms with van der Waals surface area (Å²) < 4.78 is 5.75. The van der Waals surface area contributed by atoms with Crippen LogP contribution in [0.4, 0.5) is 10.5 Å². The number of carbonyl (C=O) groups is 1. The van der Waals surface area contributed by atoms with E-state index in [1.807, 2.05) is 43.3 Å². The molecule has 2 aromatic rings. The second-order valence-corrected chi connectivity index (χ2v) is 5.76. The first kappa shape index (κ1) is 15.4.